The normalized spacial score (nSPS) is 42.6. The predicted molar refractivity (Wildman–Crippen MR) is 198 cm³/mol. The molecule has 3 rings (SSSR count). The summed E-state index contributed by atoms with van der Waals surface area (Å²) in [5, 5.41) is 22.1. The minimum atomic E-state index is -2.17. The van der Waals surface area contributed by atoms with Gasteiger partial charge < -0.3 is 38.1 Å². The van der Waals surface area contributed by atoms with Crippen LogP contribution in [0.15, 0.2) is 0 Å². The lowest BCUT2D eigenvalue weighted by atomic mass is 9.67. The molecule has 3 saturated heterocycles. The second kappa shape index (κ2) is 17.7. The van der Waals surface area contributed by atoms with E-state index in [4.69, 9.17) is 28.1 Å². The molecule has 3 aliphatic rings. The average Bonchev–Trinajstić information content (AvgIpc) is 3.39. The van der Waals surface area contributed by atoms with Crippen molar-refractivity contribution in [1.82, 2.24) is 4.90 Å². The largest absolute Gasteiger partial charge is 0.458 e. The van der Waals surface area contributed by atoms with Gasteiger partial charge in [-0.15, -0.1) is 0 Å². The Kier molecular flexibility index (Phi) is 15.1. The summed E-state index contributed by atoms with van der Waals surface area (Å²) in [5.41, 5.74) is -2.61. The summed E-state index contributed by atoms with van der Waals surface area (Å²) in [6, 6.07) is 4.86. The van der Waals surface area contributed by atoms with E-state index in [1.165, 1.54) is 0 Å². The van der Waals surface area contributed by atoms with Crippen LogP contribution in [0.5, 0.6) is 0 Å². The Labute approximate surface area is 313 Å². The zero-order chi connectivity index (χ0) is 39.5. The van der Waals surface area contributed by atoms with Gasteiger partial charge >= 0.3 is 11.9 Å². The second-order valence-electron chi connectivity index (χ2n) is 16.5. The lowest BCUT2D eigenvalue weighted by Gasteiger charge is -2.50. The number of fused-ring (bicyclic) bond motifs is 1. The van der Waals surface area contributed by atoms with Crippen molar-refractivity contribution in [3.63, 3.8) is 0 Å². The first-order valence-electron chi connectivity index (χ1n) is 19.5. The Morgan fingerprint density at radius 2 is 1.58 bits per heavy atom. The van der Waals surface area contributed by atoms with E-state index in [1.807, 2.05) is 41.8 Å². The van der Waals surface area contributed by atoms with Crippen molar-refractivity contribution in [2.75, 3.05) is 21.2 Å². The van der Waals surface area contributed by atoms with Crippen molar-refractivity contribution in [3.8, 4) is 6.07 Å². The monoisotopic (exact) mass is 752 g/mol. The molecule has 3 heterocycles. The van der Waals surface area contributed by atoms with Gasteiger partial charge in [-0.2, -0.15) is 5.26 Å². The SMILES string of the molecule is CC[C@@H]1OC(=O)[C@H](C)[C@H](O)[C@H](C)[C@@H](O[C@@H]2O[C@H](C)C[C@H](N(C)C)[C@H]2O[Si](CC)(CC)CC)[C@](C)(OC)C[C@@H](C)C(=O)[C@H](C)[C@H]2[C@H](C#N)C(=O)O[C@@]21C. The molecule has 0 radical (unpaired) electrons. The zero-order valence-corrected chi connectivity index (χ0v) is 35.3. The van der Waals surface area contributed by atoms with Gasteiger partial charge in [-0.25, -0.2) is 0 Å². The van der Waals surface area contributed by atoms with E-state index in [0.717, 1.165) is 24.6 Å². The number of ether oxygens (including phenoxy) is 5. The number of Topliss-reactive ketones (excluding diaryl/α,β-unsaturated/α-hetero) is 1. The molecule has 0 aliphatic carbocycles. The third-order valence-corrected chi connectivity index (χ3v) is 17.6. The van der Waals surface area contributed by atoms with Crippen LogP contribution < -0.4 is 0 Å². The number of hydrogen-bond donors (Lipinski definition) is 1. The van der Waals surface area contributed by atoms with Crippen molar-refractivity contribution >= 4 is 26.0 Å². The molecule has 0 amide bonds. The summed E-state index contributed by atoms with van der Waals surface area (Å²) >= 11 is 0. The van der Waals surface area contributed by atoms with E-state index in [1.54, 1.807) is 34.8 Å². The van der Waals surface area contributed by atoms with Gasteiger partial charge in [0.25, 0.3) is 0 Å². The van der Waals surface area contributed by atoms with Gasteiger partial charge in [0, 0.05) is 36.8 Å². The molecule has 13 heteroatoms. The standard InChI is InChI=1S/C39H68N2O10Si/c1-15-29-39(11)30(27(21-40)36(45)50-39)24(7)31(42)22(5)20-38(10,46-14)34(25(8)32(43)26(9)35(44)48-29)49-37-33(51-52(16-2,17-3)18-4)28(41(12)13)19-23(6)47-37/h22-30,32-34,37,43H,15-20H2,1-14H3/t22-,23-,24-,25+,26-,27+,28+,29+,30+,32-,33-,34-,37+,38-,39-/m1/s1. The molecule has 3 aliphatic heterocycles. The summed E-state index contributed by atoms with van der Waals surface area (Å²) in [6.45, 7) is 20.8. The Hall–Kier alpha value is -1.92. The first-order valence-corrected chi connectivity index (χ1v) is 22.0. The van der Waals surface area contributed by atoms with E-state index in [2.05, 4.69) is 31.7 Å². The lowest BCUT2D eigenvalue weighted by Crippen LogP contribution is -2.62. The summed E-state index contributed by atoms with van der Waals surface area (Å²) in [5.74, 6) is -6.86. The van der Waals surface area contributed by atoms with Crippen LogP contribution in [-0.2, 0) is 42.5 Å². The summed E-state index contributed by atoms with van der Waals surface area (Å²) in [4.78, 5) is 43.6. The Bertz CT molecular complexity index is 1280. The van der Waals surface area contributed by atoms with Crippen molar-refractivity contribution in [2.45, 2.75) is 168 Å². The van der Waals surface area contributed by atoms with Crippen molar-refractivity contribution in [2.24, 2.45) is 35.5 Å². The first kappa shape index (κ1) is 44.5. The average molecular weight is 753 g/mol. The fraction of sp³-hybridized carbons (Fsp3) is 0.897. The maximum Gasteiger partial charge on any atom is 0.324 e. The highest BCUT2D eigenvalue weighted by molar-refractivity contribution is 6.73. The lowest BCUT2D eigenvalue weighted by molar-refractivity contribution is -0.298. The number of nitriles is 1. The molecule has 0 bridgehead atoms. The van der Waals surface area contributed by atoms with Crippen LogP contribution in [0.1, 0.15) is 95.4 Å². The van der Waals surface area contributed by atoms with Crippen LogP contribution in [0, 0.1) is 46.8 Å². The first-order chi connectivity index (χ1) is 24.2. The fourth-order valence-corrected chi connectivity index (χ4v) is 12.2. The van der Waals surface area contributed by atoms with Gasteiger partial charge in [0.2, 0.25) is 0 Å². The minimum Gasteiger partial charge on any atom is -0.458 e. The third-order valence-electron chi connectivity index (χ3n) is 13.0. The van der Waals surface area contributed by atoms with E-state index in [0.29, 0.717) is 0 Å². The topological polar surface area (TPSA) is 154 Å². The molecule has 0 unspecified atom stereocenters. The fourth-order valence-electron chi connectivity index (χ4n) is 9.32. The Balaban J connectivity index is 2.19. The van der Waals surface area contributed by atoms with Crippen molar-refractivity contribution < 1.29 is 47.6 Å². The number of carbonyl (C=O) groups excluding carboxylic acids is 3. The maximum atomic E-state index is 14.4. The van der Waals surface area contributed by atoms with Crippen LogP contribution >= 0.6 is 0 Å². The molecule has 0 spiro atoms. The minimum absolute atomic E-state index is 0.0159. The van der Waals surface area contributed by atoms with Crippen LogP contribution in [0.25, 0.3) is 0 Å². The molecule has 0 aromatic rings. The molecule has 3 fully saturated rings. The van der Waals surface area contributed by atoms with Crippen LogP contribution in [0.3, 0.4) is 0 Å². The number of likely N-dealkylation sites (N-methyl/N-ethyl adjacent to an activating group) is 1. The van der Waals surface area contributed by atoms with Gasteiger partial charge in [0.15, 0.2) is 26.1 Å². The molecule has 15 atom stereocenters. The van der Waals surface area contributed by atoms with Gasteiger partial charge in [-0.3, -0.25) is 14.4 Å². The molecule has 12 nitrogen and oxygen atoms in total. The van der Waals surface area contributed by atoms with Gasteiger partial charge in [0.1, 0.15) is 18.0 Å². The Morgan fingerprint density at radius 3 is 2.08 bits per heavy atom. The number of methoxy groups -OCH3 is 1. The molecule has 0 saturated carbocycles. The molecule has 52 heavy (non-hydrogen) atoms. The molecule has 0 aromatic heterocycles. The summed E-state index contributed by atoms with van der Waals surface area (Å²) < 4.78 is 39.1. The molecule has 0 aromatic carbocycles. The molecular weight excluding hydrogens is 685 g/mol. The smallest absolute Gasteiger partial charge is 0.324 e. The van der Waals surface area contributed by atoms with E-state index >= 15 is 0 Å². The van der Waals surface area contributed by atoms with Gasteiger partial charge in [0.05, 0.1) is 35.9 Å². The highest BCUT2D eigenvalue weighted by Gasteiger charge is 2.62. The van der Waals surface area contributed by atoms with E-state index in [-0.39, 0.29) is 30.8 Å². The second-order valence-corrected chi connectivity index (χ2v) is 21.2. The number of aliphatic hydroxyl groups excluding tert-OH is 1. The number of carbonyl (C=O) groups is 3. The van der Waals surface area contributed by atoms with Crippen molar-refractivity contribution in [1.29, 1.82) is 5.26 Å². The molecular formula is C39H68N2O10Si. The Morgan fingerprint density at radius 1 is 0.981 bits per heavy atom. The molecule has 1 N–H and O–H groups in total. The summed E-state index contributed by atoms with van der Waals surface area (Å²) in [7, 11) is 3.45. The van der Waals surface area contributed by atoms with Crippen LogP contribution in [0.4, 0.5) is 0 Å². The number of esters is 2. The molecule has 298 valence electrons. The number of cyclic esters (lactones) is 1. The van der Waals surface area contributed by atoms with Crippen LogP contribution in [-0.4, -0.2) is 111 Å². The number of ketones is 1. The van der Waals surface area contributed by atoms with E-state index in [9.17, 15) is 24.8 Å². The quantitative estimate of drug-likeness (QED) is 0.221. The number of aliphatic hydroxyl groups is 1. The van der Waals surface area contributed by atoms with Crippen LogP contribution in [0.2, 0.25) is 18.1 Å². The third kappa shape index (κ3) is 8.64. The van der Waals surface area contributed by atoms with Gasteiger partial charge in [-0.1, -0.05) is 48.5 Å². The predicted octanol–water partition coefficient (Wildman–Crippen LogP) is 5.50. The highest BCUT2D eigenvalue weighted by Crippen LogP contribution is 2.48. The van der Waals surface area contributed by atoms with Gasteiger partial charge in [-0.05, 0) is 79.2 Å². The summed E-state index contributed by atoms with van der Waals surface area (Å²) in [6.07, 6.45) is -3.36. The zero-order valence-electron chi connectivity index (χ0n) is 34.3. The number of hydrogen-bond acceptors (Lipinski definition) is 12. The highest BCUT2D eigenvalue weighted by atomic mass is 28.4. The maximum absolute atomic E-state index is 14.4. The number of nitrogens with zero attached hydrogens (tertiary/aromatic N) is 2. The van der Waals surface area contributed by atoms with Crippen molar-refractivity contribution in [3.05, 3.63) is 0 Å². The van der Waals surface area contributed by atoms with E-state index < -0.39 is 97.7 Å². The number of rotatable bonds is 10.